The molecule has 1 aliphatic heterocycles. The molecule has 0 bridgehead atoms. The summed E-state index contributed by atoms with van der Waals surface area (Å²) >= 11 is 6.15. The van der Waals surface area contributed by atoms with E-state index in [2.05, 4.69) is 27.1 Å². The Morgan fingerprint density at radius 1 is 1.56 bits per heavy atom. The third-order valence-corrected chi connectivity index (χ3v) is 3.59. The second-order valence-corrected chi connectivity index (χ2v) is 5.26. The van der Waals surface area contributed by atoms with Crippen molar-refractivity contribution >= 4 is 17.4 Å². The lowest BCUT2D eigenvalue weighted by molar-refractivity contribution is 0.391. The van der Waals surface area contributed by atoms with Crippen LogP contribution in [0.3, 0.4) is 0 Å². The minimum absolute atomic E-state index is 0.652. The van der Waals surface area contributed by atoms with Crippen LogP contribution in [0, 0.1) is 5.92 Å². The molecular weight excluding hydrogens is 248 g/mol. The molecule has 2 rings (SSSR count). The maximum absolute atomic E-state index is 6.15. The van der Waals surface area contributed by atoms with Crippen molar-refractivity contribution in [2.24, 2.45) is 5.92 Å². The van der Waals surface area contributed by atoms with Crippen molar-refractivity contribution in [1.82, 2.24) is 15.3 Å². The van der Waals surface area contributed by atoms with Crippen molar-refractivity contribution in [3.05, 3.63) is 17.5 Å². The average molecular weight is 269 g/mol. The Morgan fingerprint density at radius 3 is 3.22 bits per heavy atom. The van der Waals surface area contributed by atoms with Crippen LogP contribution in [0.5, 0.6) is 0 Å². The van der Waals surface area contributed by atoms with Crippen molar-refractivity contribution in [1.29, 1.82) is 0 Å². The highest BCUT2D eigenvalue weighted by atomic mass is 35.5. The molecule has 4 nitrogen and oxygen atoms in total. The first-order chi connectivity index (χ1) is 8.81. The Balaban J connectivity index is 1.92. The van der Waals surface area contributed by atoms with Crippen LogP contribution in [-0.4, -0.2) is 36.1 Å². The predicted octanol–water partition coefficient (Wildman–Crippen LogP) is 2.35. The fraction of sp³-hybridized carbons (Fsp3) is 0.692. The normalized spacial score (nSPS) is 20.1. The van der Waals surface area contributed by atoms with Crippen molar-refractivity contribution < 1.29 is 0 Å². The molecule has 0 spiro atoms. The topological polar surface area (TPSA) is 41.0 Å². The van der Waals surface area contributed by atoms with E-state index in [-0.39, 0.29) is 0 Å². The Labute approximate surface area is 114 Å². The lowest BCUT2D eigenvalue weighted by atomic mass is 9.98. The van der Waals surface area contributed by atoms with Gasteiger partial charge in [-0.05, 0) is 38.3 Å². The van der Waals surface area contributed by atoms with Gasteiger partial charge in [0, 0.05) is 13.1 Å². The van der Waals surface area contributed by atoms with Gasteiger partial charge in [0.1, 0.15) is 11.3 Å². The van der Waals surface area contributed by atoms with Gasteiger partial charge in [-0.1, -0.05) is 18.5 Å². The van der Waals surface area contributed by atoms with Crippen molar-refractivity contribution in [3.8, 4) is 0 Å². The van der Waals surface area contributed by atoms with Crippen LogP contribution in [0.2, 0.25) is 5.02 Å². The van der Waals surface area contributed by atoms with Gasteiger partial charge in [0.05, 0.1) is 6.20 Å². The number of rotatable bonds is 5. The van der Waals surface area contributed by atoms with Crippen LogP contribution in [0.25, 0.3) is 0 Å². The Kier molecular flexibility index (Phi) is 5.20. The number of halogens is 1. The summed E-state index contributed by atoms with van der Waals surface area (Å²) in [6.07, 6.45) is 6.92. The first kappa shape index (κ1) is 13.6. The average Bonchev–Trinajstić information content (AvgIpc) is 2.40. The summed E-state index contributed by atoms with van der Waals surface area (Å²) in [4.78, 5) is 10.5. The standard InChI is InChI=1S/C13H21ClN4/c1-2-5-15-7-11-4-3-6-18(9-11)13-12(14)8-16-10-17-13/h8,10-11,15H,2-7,9H2,1H3. The van der Waals surface area contributed by atoms with Crippen LogP contribution in [-0.2, 0) is 0 Å². The fourth-order valence-electron chi connectivity index (χ4n) is 2.45. The zero-order valence-electron chi connectivity index (χ0n) is 10.9. The van der Waals surface area contributed by atoms with Gasteiger partial charge in [0.25, 0.3) is 0 Å². The van der Waals surface area contributed by atoms with Gasteiger partial charge in [-0.3, -0.25) is 0 Å². The van der Waals surface area contributed by atoms with Gasteiger partial charge >= 0.3 is 0 Å². The largest absolute Gasteiger partial charge is 0.355 e. The van der Waals surface area contributed by atoms with E-state index in [1.807, 2.05) is 0 Å². The highest BCUT2D eigenvalue weighted by Gasteiger charge is 2.22. The summed E-state index contributed by atoms with van der Waals surface area (Å²) in [6.45, 7) is 6.47. The monoisotopic (exact) mass is 268 g/mol. The molecule has 1 aliphatic rings. The number of nitrogens with zero attached hydrogens (tertiary/aromatic N) is 3. The predicted molar refractivity (Wildman–Crippen MR) is 75.1 cm³/mol. The van der Waals surface area contributed by atoms with Crippen molar-refractivity contribution in [2.75, 3.05) is 31.1 Å². The van der Waals surface area contributed by atoms with E-state index in [0.29, 0.717) is 10.9 Å². The minimum atomic E-state index is 0.652. The summed E-state index contributed by atoms with van der Waals surface area (Å²) in [5.41, 5.74) is 0. The zero-order chi connectivity index (χ0) is 12.8. The molecule has 0 radical (unpaired) electrons. The molecule has 18 heavy (non-hydrogen) atoms. The molecule has 0 aromatic carbocycles. The lowest BCUT2D eigenvalue weighted by Gasteiger charge is -2.34. The molecule has 1 atom stereocenters. The van der Waals surface area contributed by atoms with Crippen LogP contribution >= 0.6 is 11.6 Å². The van der Waals surface area contributed by atoms with Crippen LogP contribution in [0.15, 0.2) is 12.5 Å². The molecule has 0 amide bonds. The number of anilines is 1. The smallest absolute Gasteiger partial charge is 0.150 e. The SMILES string of the molecule is CCCNCC1CCCN(c2ncncc2Cl)C1. The van der Waals surface area contributed by atoms with Gasteiger partial charge in [0.2, 0.25) is 0 Å². The first-order valence-corrected chi connectivity index (χ1v) is 7.10. The van der Waals surface area contributed by atoms with E-state index in [1.165, 1.54) is 19.3 Å². The van der Waals surface area contributed by atoms with E-state index in [1.54, 1.807) is 12.5 Å². The number of hydrogen-bond donors (Lipinski definition) is 1. The number of piperidine rings is 1. The minimum Gasteiger partial charge on any atom is -0.355 e. The van der Waals surface area contributed by atoms with Crippen LogP contribution < -0.4 is 10.2 Å². The van der Waals surface area contributed by atoms with E-state index < -0.39 is 0 Å². The van der Waals surface area contributed by atoms with Crippen molar-refractivity contribution in [3.63, 3.8) is 0 Å². The van der Waals surface area contributed by atoms with Crippen molar-refractivity contribution in [2.45, 2.75) is 26.2 Å². The van der Waals surface area contributed by atoms with Gasteiger partial charge in [0.15, 0.2) is 5.82 Å². The molecule has 1 N–H and O–H groups in total. The van der Waals surface area contributed by atoms with E-state index in [0.717, 1.165) is 32.0 Å². The molecule has 1 saturated heterocycles. The third-order valence-electron chi connectivity index (χ3n) is 3.33. The lowest BCUT2D eigenvalue weighted by Crippen LogP contribution is -2.40. The summed E-state index contributed by atoms with van der Waals surface area (Å²) in [7, 11) is 0. The molecule has 1 aromatic rings. The second-order valence-electron chi connectivity index (χ2n) is 4.85. The molecule has 1 unspecified atom stereocenters. The molecule has 100 valence electrons. The molecule has 0 saturated carbocycles. The zero-order valence-corrected chi connectivity index (χ0v) is 11.7. The van der Waals surface area contributed by atoms with Gasteiger partial charge in [-0.15, -0.1) is 0 Å². The quantitative estimate of drug-likeness (QED) is 0.833. The van der Waals surface area contributed by atoms with E-state index >= 15 is 0 Å². The maximum atomic E-state index is 6.15. The first-order valence-electron chi connectivity index (χ1n) is 6.72. The molecule has 5 heteroatoms. The summed E-state index contributed by atoms with van der Waals surface area (Å²) in [6, 6.07) is 0. The summed E-state index contributed by atoms with van der Waals surface area (Å²) in [5, 5.41) is 4.15. The Bertz CT molecular complexity index is 372. The number of aromatic nitrogens is 2. The highest BCUT2D eigenvalue weighted by Crippen LogP contribution is 2.26. The fourth-order valence-corrected chi connectivity index (χ4v) is 2.67. The second kappa shape index (κ2) is 6.90. The third kappa shape index (κ3) is 3.56. The molecule has 1 aromatic heterocycles. The van der Waals surface area contributed by atoms with Crippen LogP contribution in [0.4, 0.5) is 5.82 Å². The summed E-state index contributed by atoms with van der Waals surface area (Å²) < 4.78 is 0. The summed E-state index contributed by atoms with van der Waals surface area (Å²) in [5.74, 6) is 1.57. The van der Waals surface area contributed by atoms with Gasteiger partial charge in [-0.25, -0.2) is 9.97 Å². The van der Waals surface area contributed by atoms with Crippen LogP contribution in [0.1, 0.15) is 26.2 Å². The number of hydrogen-bond acceptors (Lipinski definition) is 4. The van der Waals surface area contributed by atoms with E-state index in [4.69, 9.17) is 11.6 Å². The maximum Gasteiger partial charge on any atom is 0.150 e. The molecule has 0 aliphatic carbocycles. The highest BCUT2D eigenvalue weighted by molar-refractivity contribution is 6.32. The molecule has 1 fully saturated rings. The van der Waals surface area contributed by atoms with Gasteiger partial charge in [-0.2, -0.15) is 0 Å². The van der Waals surface area contributed by atoms with Gasteiger partial charge < -0.3 is 10.2 Å². The Hall–Kier alpha value is -0.870. The Morgan fingerprint density at radius 2 is 2.44 bits per heavy atom. The molecule has 2 heterocycles. The number of nitrogens with one attached hydrogen (secondary N) is 1. The molecular formula is C13H21ClN4. The van der Waals surface area contributed by atoms with E-state index in [9.17, 15) is 0 Å².